The van der Waals surface area contributed by atoms with E-state index >= 15 is 0 Å². The second kappa shape index (κ2) is 4.63. The number of rotatable bonds is 5. The molecule has 0 aromatic heterocycles. The Morgan fingerprint density at radius 1 is 1.50 bits per heavy atom. The summed E-state index contributed by atoms with van der Waals surface area (Å²) in [6.45, 7) is 9.81. The van der Waals surface area contributed by atoms with E-state index in [2.05, 4.69) is 27.7 Å². The van der Waals surface area contributed by atoms with Crippen LogP contribution in [0.3, 0.4) is 0 Å². The van der Waals surface area contributed by atoms with Gasteiger partial charge in [-0.25, -0.2) is 0 Å². The van der Waals surface area contributed by atoms with Crippen LogP contribution < -0.4 is 5.73 Å². The van der Waals surface area contributed by atoms with Crippen LogP contribution in [-0.2, 0) is 4.74 Å². The molecule has 1 saturated carbocycles. The molecule has 0 saturated heterocycles. The van der Waals surface area contributed by atoms with Gasteiger partial charge >= 0.3 is 0 Å². The molecule has 0 aromatic rings. The summed E-state index contributed by atoms with van der Waals surface area (Å²) in [4.78, 5) is 0. The predicted molar refractivity (Wildman–Crippen MR) is 60.2 cm³/mol. The van der Waals surface area contributed by atoms with Crippen molar-refractivity contribution in [1.29, 1.82) is 0 Å². The molecule has 0 amide bonds. The van der Waals surface area contributed by atoms with Crippen molar-refractivity contribution in [1.82, 2.24) is 0 Å². The van der Waals surface area contributed by atoms with Crippen molar-refractivity contribution in [2.24, 2.45) is 17.1 Å². The quantitative estimate of drug-likeness (QED) is 0.738. The average Bonchev–Trinajstić information content (AvgIpc) is 2.15. The molecule has 3 atom stereocenters. The lowest BCUT2D eigenvalue weighted by Gasteiger charge is -2.51. The minimum absolute atomic E-state index is 0.233. The molecule has 0 aliphatic heterocycles. The number of nitrogens with two attached hydrogens (primary N) is 1. The van der Waals surface area contributed by atoms with Gasteiger partial charge in [-0.15, -0.1) is 0 Å². The summed E-state index contributed by atoms with van der Waals surface area (Å²) in [6, 6.07) is 0.344. The molecule has 1 aliphatic carbocycles. The molecule has 1 aliphatic rings. The van der Waals surface area contributed by atoms with Gasteiger partial charge in [0, 0.05) is 18.1 Å². The predicted octanol–water partition coefficient (Wildman–Crippen LogP) is 2.57. The number of hydrogen-bond donors (Lipinski definition) is 1. The van der Waals surface area contributed by atoms with Crippen molar-refractivity contribution in [2.45, 2.75) is 59.1 Å². The fourth-order valence-corrected chi connectivity index (χ4v) is 2.04. The molecule has 2 nitrogen and oxygen atoms in total. The Kier molecular flexibility index (Phi) is 3.96. The summed E-state index contributed by atoms with van der Waals surface area (Å²) in [5.74, 6) is 0.733. The molecule has 0 radical (unpaired) electrons. The average molecular weight is 199 g/mol. The molecule has 3 unspecified atom stereocenters. The van der Waals surface area contributed by atoms with E-state index in [0.29, 0.717) is 12.1 Å². The van der Waals surface area contributed by atoms with E-state index in [4.69, 9.17) is 10.5 Å². The highest BCUT2D eigenvalue weighted by atomic mass is 16.5. The summed E-state index contributed by atoms with van der Waals surface area (Å²) >= 11 is 0. The largest absolute Gasteiger partial charge is 0.378 e. The molecule has 0 spiro atoms. The van der Waals surface area contributed by atoms with Crippen LogP contribution in [0, 0.1) is 11.3 Å². The minimum Gasteiger partial charge on any atom is -0.378 e. The summed E-state index contributed by atoms with van der Waals surface area (Å²) in [7, 11) is 0. The number of ether oxygens (including phenoxy) is 1. The first-order valence-electron chi connectivity index (χ1n) is 5.88. The van der Waals surface area contributed by atoms with Crippen LogP contribution >= 0.6 is 0 Å². The van der Waals surface area contributed by atoms with Gasteiger partial charge in [0.1, 0.15) is 0 Å². The van der Waals surface area contributed by atoms with E-state index in [9.17, 15) is 0 Å². The fourth-order valence-electron chi connectivity index (χ4n) is 2.04. The monoisotopic (exact) mass is 199 g/mol. The van der Waals surface area contributed by atoms with Crippen LogP contribution in [0.5, 0.6) is 0 Å². The summed E-state index contributed by atoms with van der Waals surface area (Å²) in [5.41, 5.74) is 6.24. The molecule has 2 heteroatoms. The Morgan fingerprint density at radius 3 is 2.57 bits per heavy atom. The maximum absolute atomic E-state index is 6.01. The van der Waals surface area contributed by atoms with Crippen LogP contribution in [0.4, 0.5) is 0 Å². The Bertz CT molecular complexity index is 181. The van der Waals surface area contributed by atoms with Gasteiger partial charge < -0.3 is 10.5 Å². The van der Waals surface area contributed by atoms with Crippen LogP contribution in [0.25, 0.3) is 0 Å². The second-order valence-corrected chi connectivity index (χ2v) is 5.24. The second-order valence-electron chi connectivity index (χ2n) is 5.24. The maximum atomic E-state index is 6.01. The summed E-state index contributed by atoms with van der Waals surface area (Å²) < 4.78 is 5.89. The highest BCUT2D eigenvalue weighted by molar-refractivity contribution is 5.02. The third-order valence-electron chi connectivity index (χ3n) is 3.83. The first kappa shape index (κ1) is 12.0. The molecule has 0 heterocycles. The summed E-state index contributed by atoms with van der Waals surface area (Å²) in [5, 5.41) is 0. The Hall–Kier alpha value is -0.0800. The molecular weight excluding hydrogens is 174 g/mol. The van der Waals surface area contributed by atoms with E-state index in [1.807, 2.05) is 0 Å². The lowest BCUT2D eigenvalue weighted by Crippen LogP contribution is -2.60. The molecule has 0 bridgehead atoms. The van der Waals surface area contributed by atoms with E-state index in [0.717, 1.165) is 31.8 Å². The Balaban J connectivity index is 2.26. The van der Waals surface area contributed by atoms with Crippen molar-refractivity contribution < 1.29 is 4.74 Å². The van der Waals surface area contributed by atoms with Crippen LogP contribution in [0.1, 0.15) is 47.0 Å². The first-order valence-corrected chi connectivity index (χ1v) is 5.88. The third kappa shape index (κ3) is 2.29. The minimum atomic E-state index is 0.233. The highest BCUT2D eigenvalue weighted by Crippen LogP contribution is 2.44. The van der Waals surface area contributed by atoms with Crippen molar-refractivity contribution in [2.75, 3.05) is 6.61 Å². The molecule has 0 aromatic carbocycles. The zero-order chi connectivity index (χ0) is 10.8. The molecular formula is C12H25NO. The van der Waals surface area contributed by atoms with E-state index in [1.165, 1.54) is 0 Å². The first-order chi connectivity index (χ1) is 6.50. The van der Waals surface area contributed by atoms with Crippen LogP contribution in [0.2, 0.25) is 0 Å². The normalized spacial score (nSPS) is 37.3. The van der Waals surface area contributed by atoms with Crippen LogP contribution in [0.15, 0.2) is 0 Å². The standard InChI is InChI=1S/C12H25NO/c1-5-12(4)10(13)8-11(12)14-7-6-9(2)3/h9-11H,5-8,13H2,1-4H3. The maximum Gasteiger partial charge on any atom is 0.0658 e. The van der Waals surface area contributed by atoms with E-state index in [-0.39, 0.29) is 5.41 Å². The zero-order valence-corrected chi connectivity index (χ0v) is 10.0. The molecule has 14 heavy (non-hydrogen) atoms. The van der Waals surface area contributed by atoms with Crippen molar-refractivity contribution in [3.05, 3.63) is 0 Å². The van der Waals surface area contributed by atoms with Gasteiger partial charge in [0.2, 0.25) is 0 Å². The van der Waals surface area contributed by atoms with E-state index < -0.39 is 0 Å². The van der Waals surface area contributed by atoms with Gasteiger partial charge in [-0.05, 0) is 25.2 Å². The highest BCUT2D eigenvalue weighted by Gasteiger charge is 2.49. The number of hydrogen-bond acceptors (Lipinski definition) is 2. The lowest BCUT2D eigenvalue weighted by atomic mass is 9.62. The Morgan fingerprint density at radius 2 is 2.14 bits per heavy atom. The van der Waals surface area contributed by atoms with Crippen molar-refractivity contribution >= 4 is 0 Å². The Labute approximate surface area is 88.2 Å². The zero-order valence-electron chi connectivity index (χ0n) is 10.0. The van der Waals surface area contributed by atoms with Gasteiger partial charge in [0.25, 0.3) is 0 Å². The molecule has 1 rings (SSSR count). The summed E-state index contributed by atoms with van der Waals surface area (Å²) in [6.07, 6.45) is 3.73. The lowest BCUT2D eigenvalue weighted by molar-refractivity contribution is -0.120. The third-order valence-corrected chi connectivity index (χ3v) is 3.83. The van der Waals surface area contributed by atoms with Crippen molar-refractivity contribution in [3.8, 4) is 0 Å². The SMILES string of the molecule is CCC1(C)C(N)CC1OCCC(C)C. The van der Waals surface area contributed by atoms with Crippen molar-refractivity contribution in [3.63, 3.8) is 0 Å². The fraction of sp³-hybridized carbons (Fsp3) is 1.00. The van der Waals surface area contributed by atoms with E-state index in [1.54, 1.807) is 0 Å². The molecule has 2 N–H and O–H groups in total. The smallest absolute Gasteiger partial charge is 0.0658 e. The molecule has 84 valence electrons. The van der Waals surface area contributed by atoms with Gasteiger partial charge in [-0.3, -0.25) is 0 Å². The van der Waals surface area contributed by atoms with Crippen LogP contribution in [-0.4, -0.2) is 18.8 Å². The topological polar surface area (TPSA) is 35.2 Å². The molecule has 1 fully saturated rings. The van der Waals surface area contributed by atoms with Gasteiger partial charge in [0.05, 0.1) is 6.10 Å². The van der Waals surface area contributed by atoms with Gasteiger partial charge in [-0.1, -0.05) is 27.7 Å². The van der Waals surface area contributed by atoms with Gasteiger partial charge in [0.15, 0.2) is 0 Å². The van der Waals surface area contributed by atoms with Gasteiger partial charge in [-0.2, -0.15) is 0 Å².